The fourth-order valence-corrected chi connectivity index (χ4v) is 2.37. The molecule has 1 heterocycles. The Balaban J connectivity index is 1.77. The van der Waals surface area contributed by atoms with Crippen LogP contribution in [0.2, 0.25) is 0 Å². The van der Waals surface area contributed by atoms with Crippen LogP contribution >= 0.6 is 0 Å². The highest BCUT2D eigenvalue weighted by atomic mass is 19.1. The summed E-state index contributed by atoms with van der Waals surface area (Å²) >= 11 is 0. The van der Waals surface area contributed by atoms with Gasteiger partial charge in [-0.05, 0) is 30.3 Å². The Morgan fingerprint density at radius 1 is 1.00 bits per heavy atom. The Morgan fingerprint density at radius 2 is 1.79 bits per heavy atom. The number of methoxy groups -OCH3 is 2. The number of carbonyl (C=O) groups is 1. The van der Waals surface area contributed by atoms with E-state index in [9.17, 15) is 13.6 Å². The number of nitrogens with zero attached hydrogens (tertiary/aromatic N) is 2. The number of benzene rings is 2. The molecule has 1 amide bonds. The van der Waals surface area contributed by atoms with Crippen molar-refractivity contribution in [2.75, 3.05) is 24.9 Å². The van der Waals surface area contributed by atoms with Gasteiger partial charge in [0.2, 0.25) is 5.95 Å². The van der Waals surface area contributed by atoms with E-state index in [4.69, 9.17) is 9.47 Å². The Hall–Kier alpha value is -3.75. The zero-order chi connectivity index (χ0) is 20.1. The predicted molar refractivity (Wildman–Crippen MR) is 99.2 cm³/mol. The molecular formula is C19H16F2N4O3. The molecule has 0 aliphatic rings. The Morgan fingerprint density at radius 3 is 2.50 bits per heavy atom. The van der Waals surface area contributed by atoms with E-state index in [-0.39, 0.29) is 17.3 Å². The third-order valence-corrected chi connectivity index (χ3v) is 3.71. The van der Waals surface area contributed by atoms with Crippen molar-refractivity contribution in [3.63, 3.8) is 0 Å². The van der Waals surface area contributed by atoms with Crippen molar-refractivity contribution in [2.24, 2.45) is 0 Å². The highest BCUT2D eigenvalue weighted by molar-refractivity contribution is 6.03. The van der Waals surface area contributed by atoms with Crippen LogP contribution in [0.15, 0.2) is 48.7 Å². The second-order valence-corrected chi connectivity index (χ2v) is 5.54. The van der Waals surface area contributed by atoms with Crippen molar-refractivity contribution in [3.8, 4) is 11.5 Å². The second kappa shape index (κ2) is 8.30. The summed E-state index contributed by atoms with van der Waals surface area (Å²) < 4.78 is 37.1. The first-order valence-electron chi connectivity index (χ1n) is 8.08. The predicted octanol–water partition coefficient (Wildman–Crippen LogP) is 3.77. The molecular weight excluding hydrogens is 370 g/mol. The van der Waals surface area contributed by atoms with Gasteiger partial charge in [0.15, 0.2) is 11.5 Å². The zero-order valence-electron chi connectivity index (χ0n) is 15.0. The van der Waals surface area contributed by atoms with E-state index in [1.54, 1.807) is 18.2 Å². The number of carbonyl (C=O) groups excluding carboxylic acids is 1. The van der Waals surface area contributed by atoms with Crippen molar-refractivity contribution in [3.05, 3.63) is 66.0 Å². The number of ether oxygens (including phenoxy) is 2. The van der Waals surface area contributed by atoms with E-state index in [1.807, 2.05) is 0 Å². The summed E-state index contributed by atoms with van der Waals surface area (Å²) in [6.07, 6.45) is 1.38. The van der Waals surface area contributed by atoms with E-state index in [0.29, 0.717) is 23.3 Å². The molecule has 7 nitrogen and oxygen atoms in total. The largest absolute Gasteiger partial charge is 0.493 e. The molecule has 0 aliphatic heterocycles. The van der Waals surface area contributed by atoms with E-state index < -0.39 is 17.5 Å². The van der Waals surface area contributed by atoms with Gasteiger partial charge in [-0.1, -0.05) is 0 Å². The van der Waals surface area contributed by atoms with Gasteiger partial charge in [-0.2, -0.15) is 0 Å². The van der Waals surface area contributed by atoms with Crippen molar-refractivity contribution in [1.29, 1.82) is 0 Å². The van der Waals surface area contributed by atoms with E-state index >= 15 is 0 Å². The molecule has 2 aromatic carbocycles. The number of rotatable bonds is 6. The van der Waals surface area contributed by atoms with E-state index in [1.165, 1.54) is 26.5 Å². The van der Waals surface area contributed by atoms with Crippen molar-refractivity contribution < 1.29 is 23.0 Å². The monoisotopic (exact) mass is 386 g/mol. The Labute approximate surface area is 159 Å². The summed E-state index contributed by atoms with van der Waals surface area (Å²) in [5.41, 5.74) is 0.459. The Bertz CT molecular complexity index is 1010. The van der Waals surface area contributed by atoms with Crippen LogP contribution in [-0.2, 0) is 0 Å². The van der Waals surface area contributed by atoms with Crippen LogP contribution in [0.4, 0.5) is 26.1 Å². The first-order valence-corrected chi connectivity index (χ1v) is 8.08. The van der Waals surface area contributed by atoms with Crippen molar-refractivity contribution >= 4 is 23.2 Å². The number of aromatic nitrogens is 2. The van der Waals surface area contributed by atoms with Gasteiger partial charge in [0.25, 0.3) is 5.91 Å². The van der Waals surface area contributed by atoms with Crippen LogP contribution in [-0.4, -0.2) is 30.1 Å². The fraction of sp³-hybridized carbons (Fsp3) is 0.105. The summed E-state index contributed by atoms with van der Waals surface area (Å²) in [5.74, 6) is -1.07. The lowest BCUT2D eigenvalue weighted by Crippen LogP contribution is -2.15. The molecule has 1 aromatic heterocycles. The van der Waals surface area contributed by atoms with Crippen LogP contribution in [0.25, 0.3) is 0 Å². The third kappa shape index (κ3) is 4.32. The lowest BCUT2D eigenvalue weighted by molar-refractivity contribution is 0.102. The molecule has 0 saturated heterocycles. The lowest BCUT2D eigenvalue weighted by atomic mass is 10.2. The Kier molecular flexibility index (Phi) is 5.64. The van der Waals surface area contributed by atoms with Gasteiger partial charge in [0, 0.05) is 24.0 Å². The summed E-state index contributed by atoms with van der Waals surface area (Å²) in [5, 5.41) is 5.29. The topological polar surface area (TPSA) is 85.4 Å². The third-order valence-electron chi connectivity index (χ3n) is 3.71. The molecule has 0 bridgehead atoms. The molecule has 2 N–H and O–H groups in total. The fourth-order valence-electron chi connectivity index (χ4n) is 2.37. The molecule has 0 radical (unpaired) electrons. The number of halogens is 2. The summed E-state index contributed by atoms with van der Waals surface area (Å²) in [6.45, 7) is 0. The molecule has 3 rings (SSSR count). The standard InChI is InChI=1S/C19H16F2N4O3/c1-27-16-6-4-12(10-17(16)28-2)23-19-22-8-7-15(25-19)18(26)24-14-5-3-11(20)9-13(14)21/h3-10H,1-2H3,(H,24,26)(H,22,23,25). The van der Waals surface area contributed by atoms with Gasteiger partial charge < -0.3 is 20.1 Å². The van der Waals surface area contributed by atoms with Crippen LogP contribution in [0.1, 0.15) is 10.5 Å². The van der Waals surface area contributed by atoms with Crippen LogP contribution in [0.3, 0.4) is 0 Å². The zero-order valence-corrected chi connectivity index (χ0v) is 15.0. The molecule has 144 valence electrons. The van der Waals surface area contributed by atoms with Gasteiger partial charge >= 0.3 is 0 Å². The molecule has 0 spiro atoms. The number of amides is 1. The van der Waals surface area contributed by atoms with Gasteiger partial charge in [-0.3, -0.25) is 4.79 Å². The van der Waals surface area contributed by atoms with Gasteiger partial charge in [0.05, 0.1) is 19.9 Å². The maximum Gasteiger partial charge on any atom is 0.274 e. The number of hydrogen-bond acceptors (Lipinski definition) is 6. The first-order chi connectivity index (χ1) is 13.5. The summed E-state index contributed by atoms with van der Waals surface area (Å²) in [6, 6.07) is 9.34. The minimum atomic E-state index is -0.883. The molecule has 0 fully saturated rings. The van der Waals surface area contributed by atoms with Gasteiger partial charge in [-0.15, -0.1) is 0 Å². The smallest absolute Gasteiger partial charge is 0.274 e. The first kappa shape index (κ1) is 19.0. The number of anilines is 3. The summed E-state index contributed by atoms with van der Waals surface area (Å²) in [7, 11) is 3.04. The minimum absolute atomic E-state index is 0.00158. The maximum absolute atomic E-state index is 13.7. The SMILES string of the molecule is COc1ccc(Nc2nccc(C(=O)Nc3ccc(F)cc3F)n2)cc1OC. The maximum atomic E-state index is 13.7. The lowest BCUT2D eigenvalue weighted by Gasteiger charge is -2.11. The molecule has 28 heavy (non-hydrogen) atoms. The van der Waals surface area contributed by atoms with Crippen LogP contribution in [0.5, 0.6) is 11.5 Å². The highest BCUT2D eigenvalue weighted by Crippen LogP contribution is 2.30. The van der Waals surface area contributed by atoms with Crippen molar-refractivity contribution in [2.45, 2.75) is 0 Å². The van der Waals surface area contributed by atoms with Crippen molar-refractivity contribution in [1.82, 2.24) is 9.97 Å². The second-order valence-electron chi connectivity index (χ2n) is 5.54. The summed E-state index contributed by atoms with van der Waals surface area (Å²) in [4.78, 5) is 20.5. The van der Waals surface area contributed by atoms with E-state index in [2.05, 4.69) is 20.6 Å². The van der Waals surface area contributed by atoms with Crippen LogP contribution in [0, 0.1) is 11.6 Å². The average molecular weight is 386 g/mol. The van der Waals surface area contributed by atoms with E-state index in [0.717, 1.165) is 12.1 Å². The highest BCUT2D eigenvalue weighted by Gasteiger charge is 2.13. The molecule has 3 aromatic rings. The molecule has 9 heteroatoms. The quantitative estimate of drug-likeness (QED) is 0.671. The molecule has 0 unspecified atom stereocenters. The molecule has 0 aliphatic carbocycles. The van der Waals surface area contributed by atoms with Crippen LogP contribution < -0.4 is 20.1 Å². The minimum Gasteiger partial charge on any atom is -0.493 e. The average Bonchev–Trinajstić information content (AvgIpc) is 2.70. The van der Waals surface area contributed by atoms with Gasteiger partial charge in [0.1, 0.15) is 17.3 Å². The molecule has 0 saturated carbocycles. The normalized spacial score (nSPS) is 10.3. The number of nitrogens with one attached hydrogen (secondary N) is 2. The van der Waals surface area contributed by atoms with Gasteiger partial charge in [-0.25, -0.2) is 18.7 Å². The number of hydrogen-bond donors (Lipinski definition) is 2. The molecule has 0 atom stereocenters.